The molecule has 90 valence electrons. The monoisotopic (exact) mass is 231 g/mol. The first-order valence-electron chi connectivity index (χ1n) is 5.97. The zero-order valence-electron chi connectivity index (χ0n) is 10.1. The van der Waals surface area contributed by atoms with Crippen molar-refractivity contribution < 1.29 is 5.11 Å². The maximum atomic E-state index is 9.46. The fourth-order valence-corrected chi connectivity index (χ4v) is 2.12. The van der Waals surface area contributed by atoms with Crippen LogP contribution in [0.1, 0.15) is 24.1 Å². The lowest BCUT2D eigenvalue weighted by Gasteiger charge is -2.30. The molecule has 0 amide bonds. The Balaban J connectivity index is 2.12. The zero-order valence-corrected chi connectivity index (χ0v) is 10.1. The lowest BCUT2D eigenvalue weighted by atomic mass is 10.1. The van der Waals surface area contributed by atoms with Crippen LogP contribution in [-0.4, -0.2) is 29.3 Å². The Morgan fingerprint density at radius 1 is 1.47 bits per heavy atom. The number of hydrogen-bond donors (Lipinski definition) is 1. The Morgan fingerprint density at radius 3 is 2.76 bits per heavy atom. The number of pyridine rings is 1. The number of rotatable bonds is 2. The molecule has 1 aromatic rings. The first-order valence-corrected chi connectivity index (χ1v) is 5.97. The molecular weight excluding hydrogens is 214 g/mol. The van der Waals surface area contributed by atoms with E-state index >= 15 is 0 Å². The van der Waals surface area contributed by atoms with E-state index < -0.39 is 0 Å². The van der Waals surface area contributed by atoms with Crippen LogP contribution in [0.5, 0.6) is 0 Å². The van der Waals surface area contributed by atoms with Crippen LogP contribution in [0.15, 0.2) is 12.1 Å². The van der Waals surface area contributed by atoms with Crippen LogP contribution in [0, 0.1) is 18.3 Å². The van der Waals surface area contributed by atoms with E-state index in [1.165, 1.54) is 0 Å². The maximum Gasteiger partial charge on any atom is 0.128 e. The van der Waals surface area contributed by atoms with E-state index in [1.54, 1.807) is 0 Å². The summed E-state index contributed by atoms with van der Waals surface area (Å²) in [5.41, 5.74) is 1.92. The average molecular weight is 231 g/mol. The highest BCUT2D eigenvalue weighted by Gasteiger charge is 2.18. The molecule has 1 saturated heterocycles. The van der Waals surface area contributed by atoms with Gasteiger partial charge in [-0.05, 0) is 31.4 Å². The minimum Gasteiger partial charge on any atom is -0.393 e. The molecule has 0 aliphatic carbocycles. The predicted octanol–water partition coefficient (Wildman–Crippen LogP) is 1.42. The molecule has 4 nitrogen and oxygen atoms in total. The third-order valence-corrected chi connectivity index (χ3v) is 3.24. The van der Waals surface area contributed by atoms with Gasteiger partial charge in [-0.2, -0.15) is 5.26 Å². The lowest BCUT2D eigenvalue weighted by molar-refractivity contribution is 0.145. The minimum absolute atomic E-state index is 0.162. The van der Waals surface area contributed by atoms with E-state index in [1.807, 2.05) is 19.1 Å². The Kier molecular flexibility index (Phi) is 3.60. The molecular formula is C13H17N3O. The van der Waals surface area contributed by atoms with Crippen molar-refractivity contribution in [2.24, 2.45) is 0 Å². The van der Waals surface area contributed by atoms with Gasteiger partial charge >= 0.3 is 0 Å². The van der Waals surface area contributed by atoms with Crippen molar-refractivity contribution >= 4 is 5.82 Å². The molecule has 1 fully saturated rings. The minimum atomic E-state index is -0.162. The molecule has 1 aliphatic rings. The number of nitrogens with zero attached hydrogens (tertiary/aromatic N) is 3. The summed E-state index contributed by atoms with van der Waals surface area (Å²) in [7, 11) is 0. The molecule has 2 heterocycles. The van der Waals surface area contributed by atoms with Gasteiger partial charge in [0.1, 0.15) is 5.82 Å². The molecule has 0 aromatic carbocycles. The fraction of sp³-hybridized carbons (Fsp3) is 0.538. The van der Waals surface area contributed by atoms with Crippen LogP contribution in [0.4, 0.5) is 5.82 Å². The predicted molar refractivity (Wildman–Crippen MR) is 65.7 cm³/mol. The third kappa shape index (κ3) is 2.75. The summed E-state index contributed by atoms with van der Waals surface area (Å²) in [5.74, 6) is 0.955. The molecule has 2 rings (SSSR count). The van der Waals surface area contributed by atoms with Gasteiger partial charge in [0.25, 0.3) is 0 Å². The van der Waals surface area contributed by atoms with E-state index in [4.69, 9.17) is 5.26 Å². The molecule has 0 atom stereocenters. The van der Waals surface area contributed by atoms with Crippen LogP contribution >= 0.6 is 0 Å². The molecule has 0 unspecified atom stereocenters. The van der Waals surface area contributed by atoms with Gasteiger partial charge < -0.3 is 10.0 Å². The van der Waals surface area contributed by atoms with Gasteiger partial charge in [-0.15, -0.1) is 0 Å². The summed E-state index contributed by atoms with van der Waals surface area (Å²) in [5, 5.41) is 18.1. The van der Waals surface area contributed by atoms with Gasteiger partial charge in [0.05, 0.1) is 18.6 Å². The number of aryl methyl sites for hydroxylation is 1. The fourth-order valence-electron chi connectivity index (χ4n) is 2.12. The number of nitriles is 1. The van der Waals surface area contributed by atoms with Crippen LogP contribution < -0.4 is 4.90 Å². The lowest BCUT2D eigenvalue weighted by Crippen LogP contribution is -2.36. The first kappa shape index (κ1) is 11.9. The van der Waals surface area contributed by atoms with Crippen molar-refractivity contribution in [1.82, 2.24) is 4.98 Å². The molecule has 0 radical (unpaired) electrons. The third-order valence-electron chi connectivity index (χ3n) is 3.24. The number of piperidine rings is 1. The highest BCUT2D eigenvalue weighted by atomic mass is 16.3. The summed E-state index contributed by atoms with van der Waals surface area (Å²) in [6.45, 7) is 3.64. The topological polar surface area (TPSA) is 60.1 Å². The second-order valence-electron chi connectivity index (χ2n) is 4.47. The molecule has 1 aromatic heterocycles. The normalized spacial score (nSPS) is 16.9. The molecule has 1 N–H and O–H groups in total. The van der Waals surface area contributed by atoms with Crippen molar-refractivity contribution in [2.75, 3.05) is 18.0 Å². The molecule has 0 spiro atoms. The largest absolute Gasteiger partial charge is 0.393 e. The van der Waals surface area contributed by atoms with Crippen molar-refractivity contribution in [3.05, 3.63) is 23.4 Å². The molecule has 4 heteroatoms. The number of aliphatic hydroxyl groups excluding tert-OH is 1. The second-order valence-corrected chi connectivity index (χ2v) is 4.47. The van der Waals surface area contributed by atoms with Gasteiger partial charge in [-0.3, -0.25) is 0 Å². The van der Waals surface area contributed by atoms with Gasteiger partial charge in [-0.1, -0.05) is 6.07 Å². The Hall–Kier alpha value is -1.60. The van der Waals surface area contributed by atoms with Crippen LogP contribution in [0.3, 0.4) is 0 Å². The van der Waals surface area contributed by atoms with Crippen LogP contribution in [0.25, 0.3) is 0 Å². The highest BCUT2D eigenvalue weighted by molar-refractivity contribution is 5.42. The SMILES string of the molecule is Cc1nc(N2CCC(O)CC2)ccc1CC#N. The molecule has 1 aliphatic heterocycles. The van der Waals surface area contributed by atoms with Crippen molar-refractivity contribution in [3.8, 4) is 6.07 Å². The Morgan fingerprint density at radius 2 is 2.18 bits per heavy atom. The van der Waals surface area contributed by atoms with Gasteiger partial charge in [0.15, 0.2) is 0 Å². The van der Waals surface area contributed by atoms with Gasteiger partial charge in [0, 0.05) is 18.8 Å². The summed E-state index contributed by atoms with van der Waals surface area (Å²) in [6, 6.07) is 6.09. The van der Waals surface area contributed by atoms with Crippen molar-refractivity contribution in [1.29, 1.82) is 5.26 Å². The molecule has 0 bridgehead atoms. The molecule has 0 saturated carbocycles. The molecule has 17 heavy (non-hydrogen) atoms. The number of aromatic nitrogens is 1. The summed E-state index contributed by atoms with van der Waals surface area (Å²) < 4.78 is 0. The average Bonchev–Trinajstić information content (AvgIpc) is 2.33. The van der Waals surface area contributed by atoms with Gasteiger partial charge in [0.2, 0.25) is 0 Å². The maximum absolute atomic E-state index is 9.46. The number of aliphatic hydroxyl groups is 1. The Bertz CT molecular complexity index is 431. The van der Waals surface area contributed by atoms with Crippen LogP contribution in [-0.2, 0) is 6.42 Å². The summed E-state index contributed by atoms with van der Waals surface area (Å²) in [6.07, 6.45) is 1.87. The smallest absolute Gasteiger partial charge is 0.128 e. The quantitative estimate of drug-likeness (QED) is 0.836. The summed E-state index contributed by atoms with van der Waals surface area (Å²) >= 11 is 0. The van der Waals surface area contributed by atoms with Crippen molar-refractivity contribution in [3.63, 3.8) is 0 Å². The van der Waals surface area contributed by atoms with E-state index in [0.29, 0.717) is 6.42 Å². The van der Waals surface area contributed by atoms with E-state index in [0.717, 1.165) is 43.0 Å². The number of hydrogen-bond acceptors (Lipinski definition) is 4. The first-order chi connectivity index (χ1) is 8.20. The van der Waals surface area contributed by atoms with E-state index in [-0.39, 0.29) is 6.10 Å². The van der Waals surface area contributed by atoms with E-state index in [9.17, 15) is 5.11 Å². The summed E-state index contributed by atoms with van der Waals surface area (Å²) in [4.78, 5) is 6.72. The van der Waals surface area contributed by atoms with E-state index in [2.05, 4.69) is 16.0 Å². The van der Waals surface area contributed by atoms with Gasteiger partial charge in [-0.25, -0.2) is 4.98 Å². The van der Waals surface area contributed by atoms with Crippen molar-refractivity contribution in [2.45, 2.75) is 32.3 Å². The second kappa shape index (κ2) is 5.15. The Labute approximate surface area is 102 Å². The highest BCUT2D eigenvalue weighted by Crippen LogP contribution is 2.19. The number of anilines is 1. The standard InChI is InChI=1S/C13H17N3O/c1-10-11(4-7-14)2-3-13(15-10)16-8-5-12(17)6-9-16/h2-3,12,17H,4-6,8-9H2,1H3. The van der Waals surface area contributed by atoms with Crippen LogP contribution in [0.2, 0.25) is 0 Å². The zero-order chi connectivity index (χ0) is 12.3.